The van der Waals surface area contributed by atoms with Crippen LogP contribution in [0.5, 0.6) is 5.75 Å². The van der Waals surface area contributed by atoms with Crippen LogP contribution in [0.15, 0.2) is 36.5 Å². The zero-order chi connectivity index (χ0) is 25.7. The molecule has 4 aliphatic rings. The molecule has 2 aliphatic heterocycles. The number of piperidine rings is 1. The number of nitrogens with zero attached hydrogens (tertiary/aromatic N) is 5. The average Bonchev–Trinajstić information content (AvgIpc) is 3.38. The van der Waals surface area contributed by atoms with E-state index < -0.39 is 0 Å². The highest BCUT2D eigenvalue weighted by molar-refractivity contribution is 6.00. The summed E-state index contributed by atoms with van der Waals surface area (Å²) in [5.74, 6) is 2.21. The number of likely N-dealkylation sites (tertiary alicyclic amines) is 1. The molecule has 1 aromatic carbocycles. The molecular weight excluding hydrogens is 484 g/mol. The van der Waals surface area contributed by atoms with Crippen molar-refractivity contribution in [2.45, 2.75) is 44.0 Å². The van der Waals surface area contributed by atoms with Crippen molar-refractivity contribution in [3.05, 3.63) is 42.1 Å². The molecule has 2 aliphatic carbocycles. The van der Waals surface area contributed by atoms with Crippen LogP contribution in [0.3, 0.4) is 0 Å². The van der Waals surface area contributed by atoms with Crippen LogP contribution in [0.2, 0.25) is 0 Å². The zero-order valence-corrected chi connectivity index (χ0v) is 21.3. The highest BCUT2D eigenvalue weighted by atomic mass is 16.6. The maximum absolute atomic E-state index is 13.8. The van der Waals surface area contributed by atoms with Crippen molar-refractivity contribution in [1.29, 1.82) is 0 Å². The fraction of sp³-hybridized carbons (Fsp3) is 0.429. The summed E-state index contributed by atoms with van der Waals surface area (Å²) in [6.07, 6.45) is 4.48. The van der Waals surface area contributed by atoms with E-state index in [1.807, 2.05) is 34.8 Å². The molecule has 10 nitrogen and oxygen atoms in total. The minimum atomic E-state index is -0.383. The molecule has 4 bridgehead atoms. The molecule has 38 heavy (non-hydrogen) atoms. The molecule has 0 radical (unpaired) electrons. The Labute approximate surface area is 218 Å². The Bertz CT molecular complexity index is 1650. The Balaban J connectivity index is 1.21. The van der Waals surface area contributed by atoms with E-state index in [1.165, 1.54) is 12.8 Å². The van der Waals surface area contributed by atoms with Crippen LogP contribution in [-0.2, 0) is 18.3 Å². The lowest BCUT2D eigenvalue weighted by atomic mass is 10.1. The minimum absolute atomic E-state index is 0.0423. The summed E-state index contributed by atoms with van der Waals surface area (Å²) in [6.45, 7) is 1.52. The molecule has 2 saturated carbocycles. The van der Waals surface area contributed by atoms with E-state index in [-0.39, 0.29) is 36.1 Å². The molecule has 4 fully saturated rings. The van der Waals surface area contributed by atoms with Crippen molar-refractivity contribution in [2.75, 3.05) is 13.7 Å². The number of carbonyl (C=O) groups is 2. The Morgan fingerprint density at radius 1 is 1.26 bits per heavy atom. The van der Waals surface area contributed by atoms with Gasteiger partial charge in [-0.25, -0.2) is 14.8 Å². The number of fused-ring (bicyclic) bond motifs is 2. The van der Waals surface area contributed by atoms with E-state index in [0.717, 1.165) is 41.0 Å². The monoisotopic (exact) mass is 512 g/mol. The summed E-state index contributed by atoms with van der Waals surface area (Å²) >= 11 is 0. The van der Waals surface area contributed by atoms with Gasteiger partial charge in [0.25, 0.3) is 5.91 Å². The van der Waals surface area contributed by atoms with Gasteiger partial charge in [0.2, 0.25) is 0 Å². The molecule has 0 spiro atoms. The van der Waals surface area contributed by atoms with Crippen molar-refractivity contribution < 1.29 is 19.1 Å². The van der Waals surface area contributed by atoms with Crippen LogP contribution in [0, 0.1) is 11.8 Å². The number of hydrogen-bond acceptors (Lipinski definition) is 6. The second kappa shape index (κ2) is 7.72. The molecule has 3 aromatic heterocycles. The van der Waals surface area contributed by atoms with Gasteiger partial charge in [0, 0.05) is 43.2 Å². The molecule has 4 atom stereocenters. The maximum atomic E-state index is 13.8. The Hall–Kier alpha value is -4.08. The largest absolute Gasteiger partial charge is 0.494 e. The van der Waals surface area contributed by atoms with Crippen molar-refractivity contribution in [3.63, 3.8) is 0 Å². The predicted octanol–water partition coefficient (Wildman–Crippen LogP) is 3.33. The third-order valence-electron chi connectivity index (χ3n) is 8.81. The van der Waals surface area contributed by atoms with Gasteiger partial charge in [0.05, 0.1) is 30.4 Å². The van der Waals surface area contributed by atoms with Crippen molar-refractivity contribution >= 4 is 34.1 Å². The fourth-order valence-corrected chi connectivity index (χ4v) is 6.90. The number of benzene rings is 1. The molecule has 4 aromatic rings. The van der Waals surface area contributed by atoms with Gasteiger partial charge >= 0.3 is 6.09 Å². The maximum Gasteiger partial charge on any atom is 0.407 e. The minimum Gasteiger partial charge on any atom is -0.494 e. The molecule has 2 saturated heterocycles. The van der Waals surface area contributed by atoms with Crippen molar-refractivity contribution in [3.8, 4) is 17.3 Å². The van der Waals surface area contributed by atoms with Gasteiger partial charge in [-0.3, -0.25) is 4.79 Å². The van der Waals surface area contributed by atoms with Crippen LogP contribution in [-0.4, -0.2) is 67.8 Å². The molecule has 2 unspecified atom stereocenters. The van der Waals surface area contributed by atoms with E-state index >= 15 is 0 Å². The first-order chi connectivity index (χ1) is 18.5. The van der Waals surface area contributed by atoms with E-state index in [9.17, 15) is 9.59 Å². The van der Waals surface area contributed by atoms with Gasteiger partial charge in [0.15, 0.2) is 5.82 Å². The summed E-state index contributed by atoms with van der Waals surface area (Å²) in [5.41, 5.74) is 4.04. The molecule has 5 heterocycles. The summed E-state index contributed by atoms with van der Waals surface area (Å²) in [5, 5.41) is 4.00. The second-order valence-electron chi connectivity index (χ2n) is 11.1. The van der Waals surface area contributed by atoms with Gasteiger partial charge in [-0.2, -0.15) is 0 Å². The number of aryl methyl sites for hydroxylation is 1. The number of aromatic nitrogens is 4. The average molecular weight is 513 g/mol. The first-order valence-corrected chi connectivity index (χ1v) is 13.3. The fourth-order valence-electron chi connectivity index (χ4n) is 6.90. The van der Waals surface area contributed by atoms with Crippen molar-refractivity contribution in [1.82, 2.24) is 29.3 Å². The van der Waals surface area contributed by atoms with Gasteiger partial charge in [-0.05, 0) is 55.5 Å². The highest BCUT2D eigenvalue weighted by Gasteiger charge is 2.59. The van der Waals surface area contributed by atoms with E-state index in [1.54, 1.807) is 13.2 Å². The third kappa shape index (κ3) is 3.06. The molecular formula is C28H28N6O4. The number of pyridine rings is 1. The number of hydrogen-bond donors (Lipinski definition) is 1. The predicted molar refractivity (Wildman–Crippen MR) is 139 cm³/mol. The number of nitrogens with one attached hydrogen (secondary N) is 1. The van der Waals surface area contributed by atoms with Crippen molar-refractivity contribution in [2.24, 2.45) is 18.9 Å². The van der Waals surface area contributed by atoms with Crippen LogP contribution >= 0.6 is 0 Å². The number of amides is 2. The Morgan fingerprint density at radius 2 is 2.13 bits per heavy atom. The standard InChI is InChI=1S/C28H28N6O4/c1-32-23-18(30-26(32)19-9-15-4-3-7-29-25(15)33(19)12-14-5-6-14)8-16(10-20(23)37-2)27(35)34-13-17-11-21-24(34)22(17)31-28(36)38-21/h3-4,7-10,14,17,21-22,24H,5-6,11-13H2,1-2H3,(H,31,36)/t17-,21?,22?,24-/m1/s1. The van der Waals surface area contributed by atoms with Gasteiger partial charge < -0.3 is 28.8 Å². The lowest BCUT2D eigenvalue weighted by Crippen LogP contribution is -2.56. The normalized spacial score (nSPS) is 25.7. The molecule has 10 heteroatoms. The third-order valence-corrected chi connectivity index (χ3v) is 8.81. The number of ether oxygens (including phenoxy) is 2. The number of methoxy groups -OCH3 is 1. The van der Waals surface area contributed by atoms with E-state index in [0.29, 0.717) is 29.3 Å². The topological polar surface area (TPSA) is 104 Å². The number of carbonyl (C=O) groups excluding carboxylic acids is 2. The molecule has 2 amide bonds. The quantitative estimate of drug-likeness (QED) is 0.440. The van der Waals surface area contributed by atoms with E-state index in [4.69, 9.17) is 14.5 Å². The lowest BCUT2D eigenvalue weighted by Gasteiger charge is -2.35. The number of alkyl carbamates (subject to hydrolysis) is 1. The van der Waals surface area contributed by atoms with Gasteiger partial charge in [-0.15, -0.1) is 0 Å². The molecule has 1 N–H and O–H groups in total. The number of imidazole rings is 1. The van der Waals surface area contributed by atoms with Crippen LogP contribution in [0.4, 0.5) is 4.79 Å². The van der Waals surface area contributed by atoms with Gasteiger partial charge in [-0.1, -0.05) is 0 Å². The summed E-state index contributed by atoms with van der Waals surface area (Å²) < 4.78 is 15.6. The number of rotatable bonds is 5. The van der Waals surface area contributed by atoms with Gasteiger partial charge in [0.1, 0.15) is 23.0 Å². The van der Waals surface area contributed by atoms with E-state index in [2.05, 4.69) is 27.0 Å². The van der Waals surface area contributed by atoms with Crippen LogP contribution < -0.4 is 10.1 Å². The molecule has 194 valence electrons. The van der Waals surface area contributed by atoms with Crippen LogP contribution in [0.1, 0.15) is 29.6 Å². The first-order valence-electron chi connectivity index (χ1n) is 13.3. The SMILES string of the molecule is COc1cc(C(=O)N2C[C@H]3CC4OC(=O)NC3[C@@H]42)cc2nc(-c3cc4cccnc4n3CC3CC3)n(C)c12. The zero-order valence-electron chi connectivity index (χ0n) is 21.3. The Morgan fingerprint density at radius 3 is 2.92 bits per heavy atom. The smallest absolute Gasteiger partial charge is 0.407 e. The summed E-state index contributed by atoms with van der Waals surface area (Å²) in [4.78, 5) is 37.2. The summed E-state index contributed by atoms with van der Waals surface area (Å²) in [7, 11) is 3.61. The lowest BCUT2D eigenvalue weighted by molar-refractivity contribution is 0.0145. The Kier molecular flexibility index (Phi) is 4.46. The van der Waals surface area contributed by atoms with Crippen LogP contribution in [0.25, 0.3) is 33.6 Å². The first kappa shape index (κ1) is 22.0. The molecule has 8 rings (SSSR count). The highest BCUT2D eigenvalue weighted by Crippen LogP contribution is 2.43. The summed E-state index contributed by atoms with van der Waals surface area (Å²) in [6, 6.07) is 9.67. The second-order valence-corrected chi connectivity index (χ2v) is 11.1.